The number of carbonyl (C=O) groups is 3. The van der Waals surface area contributed by atoms with Gasteiger partial charge in [0.1, 0.15) is 12.4 Å². The first-order chi connectivity index (χ1) is 17.3. The summed E-state index contributed by atoms with van der Waals surface area (Å²) in [4.78, 5) is 37.9. The lowest BCUT2D eigenvalue weighted by atomic mass is 10.1. The van der Waals surface area contributed by atoms with Gasteiger partial charge in [-0.15, -0.1) is 0 Å². The summed E-state index contributed by atoms with van der Waals surface area (Å²) in [6.45, 7) is 0.249. The van der Waals surface area contributed by atoms with Gasteiger partial charge in [-0.1, -0.05) is 30.3 Å². The molecule has 1 heterocycles. The number of halogens is 2. The molecule has 1 N–H and O–H groups in total. The molecule has 0 spiro atoms. The van der Waals surface area contributed by atoms with Crippen LogP contribution in [0.3, 0.4) is 0 Å². The Hall–Kier alpha value is -3.39. The maximum absolute atomic E-state index is 12.9. The normalized spacial score (nSPS) is 14.2. The Kier molecular flexibility index (Phi) is 7.94. The molecule has 0 aliphatic carbocycles. The molecule has 180 valence electrons. The number of ether oxygens (including phenoxy) is 1. The number of amides is 2. The lowest BCUT2D eigenvalue weighted by molar-refractivity contribution is -0.123. The highest BCUT2D eigenvalue weighted by atomic mass is 79.9. The number of imide groups is 1. The fourth-order valence-electron chi connectivity index (χ4n) is 3.43. The van der Waals surface area contributed by atoms with Gasteiger partial charge in [-0.2, -0.15) is 5.26 Å². The van der Waals surface area contributed by atoms with E-state index in [2.05, 4.69) is 37.9 Å². The fraction of sp³-hybridized carbons (Fsp3) is 0.0769. The number of hydrogen-bond acceptors (Lipinski definition) is 6. The van der Waals surface area contributed by atoms with Crippen molar-refractivity contribution in [3.8, 4) is 11.8 Å². The average Bonchev–Trinajstić information content (AvgIpc) is 3.11. The molecule has 0 radical (unpaired) electrons. The van der Waals surface area contributed by atoms with Gasteiger partial charge < -0.3 is 9.84 Å². The van der Waals surface area contributed by atoms with Crippen LogP contribution in [-0.4, -0.2) is 27.1 Å². The van der Waals surface area contributed by atoms with Crippen LogP contribution in [-0.2, 0) is 17.9 Å². The van der Waals surface area contributed by atoms with Crippen LogP contribution in [0.15, 0.2) is 74.5 Å². The zero-order chi connectivity index (χ0) is 25.8. The number of thioether (sulfide) groups is 1. The molecule has 0 unspecified atom stereocenters. The molecular formula is C26H16Br2N2O5S. The number of carboxylic acid groups (broad SMARTS) is 1. The van der Waals surface area contributed by atoms with Crippen molar-refractivity contribution < 1.29 is 24.2 Å². The number of aromatic carboxylic acids is 1. The largest absolute Gasteiger partial charge is 0.487 e. The highest BCUT2D eigenvalue weighted by molar-refractivity contribution is 9.11. The summed E-state index contributed by atoms with van der Waals surface area (Å²) < 4.78 is 7.16. The van der Waals surface area contributed by atoms with Crippen molar-refractivity contribution in [2.45, 2.75) is 13.2 Å². The first kappa shape index (κ1) is 25.7. The Morgan fingerprint density at radius 1 is 1.08 bits per heavy atom. The SMILES string of the molecule is N#Cc1ccccc1CN1C(=O)S/C(=C/c2cc(Br)c(OCc3ccc(C(=O)O)cc3)c(Br)c2)C1=O. The standard InChI is InChI=1S/C26H16Br2N2O5S/c27-20-9-16(10-21(28)23(20)35-14-15-5-7-17(8-6-15)25(32)33)11-22-24(31)30(26(34)36-22)13-19-4-2-1-3-18(19)12-29/h1-11H,13-14H2,(H,32,33)/b22-11+. The summed E-state index contributed by atoms with van der Waals surface area (Å²) in [7, 11) is 0. The second-order valence-corrected chi connectivity index (χ2v) is 10.3. The second-order valence-electron chi connectivity index (χ2n) is 7.64. The van der Waals surface area contributed by atoms with E-state index in [1.54, 1.807) is 54.6 Å². The van der Waals surface area contributed by atoms with E-state index in [1.165, 1.54) is 12.1 Å². The van der Waals surface area contributed by atoms with Gasteiger partial charge in [-0.25, -0.2) is 4.79 Å². The van der Waals surface area contributed by atoms with E-state index in [0.29, 0.717) is 31.4 Å². The van der Waals surface area contributed by atoms with Gasteiger partial charge in [0.05, 0.1) is 37.6 Å². The summed E-state index contributed by atoms with van der Waals surface area (Å²) in [5.74, 6) is -0.876. The van der Waals surface area contributed by atoms with Crippen LogP contribution in [0, 0.1) is 11.3 Å². The van der Waals surface area contributed by atoms with Gasteiger partial charge in [0, 0.05) is 0 Å². The molecule has 0 aromatic heterocycles. The van der Waals surface area contributed by atoms with Crippen LogP contribution in [0.5, 0.6) is 5.75 Å². The molecule has 36 heavy (non-hydrogen) atoms. The molecule has 1 aliphatic heterocycles. The van der Waals surface area contributed by atoms with E-state index in [4.69, 9.17) is 9.84 Å². The first-order valence-electron chi connectivity index (χ1n) is 10.4. The molecule has 0 atom stereocenters. The predicted octanol–water partition coefficient (Wildman–Crippen LogP) is 6.60. The molecule has 4 rings (SSSR count). The van der Waals surface area contributed by atoms with Crippen LogP contribution in [0.4, 0.5) is 4.79 Å². The third-order valence-corrected chi connectivity index (χ3v) is 7.33. The molecule has 1 aliphatic rings. The number of rotatable bonds is 7. The number of benzene rings is 3. The number of nitriles is 1. The average molecular weight is 628 g/mol. The van der Waals surface area contributed by atoms with Crippen molar-refractivity contribution in [1.82, 2.24) is 4.90 Å². The lowest BCUT2D eigenvalue weighted by Crippen LogP contribution is -2.27. The van der Waals surface area contributed by atoms with Crippen molar-refractivity contribution in [2.24, 2.45) is 0 Å². The van der Waals surface area contributed by atoms with Crippen LogP contribution >= 0.6 is 43.6 Å². The Morgan fingerprint density at radius 2 is 1.75 bits per heavy atom. The Labute approximate surface area is 227 Å². The molecule has 7 nitrogen and oxygen atoms in total. The molecule has 10 heteroatoms. The summed E-state index contributed by atoms with van der Waals surface area (Å²) in [6, 6.07) is 18.9. The number of hydrogen-bond donors (Lipinski definition) is 1. The van der Waals surface area contributed by atoms with E-state index in [-0.39, 0.29) is 23.6 Å². The Balaban J connectivity index is 1.49. The predicted molar refractivity (Wildman–Crippen MR) is 142 cm³/mol. The van der Waals surface area contributed by atoms with Gasteiger partial charge in [-0.3, -0.25) is 14.5 Å². The molecule has 2 amide bonds. The topological polar surface area (TPSA) is 108 Å². The van der Waals surface area contributed by atoms with Crippen molar-refractivity contribution in [1.29, 1.82) is 5.26 Å². The van der Waals surface area contributed by atoms with Crippen LogP contribution in [0.2, 0.25) is 0 Å². The van der Waals surface area contributed by atoms with Gasteiger partial charge >= 0.3 is 5.97 Å². The van der Waals surface area contributed by atoms with Crippen LogP contribution in [0.25, 0.3) is 6.08 Å². The highest BCUT2D eigenvalue weighted by Crippen LogP contribution is 2.38. The maximum atomic E-state index is 12.9. The maximum Gasteiger partial charge on any atom is 0.335 e. The van der Waals surface area contributed by atoms with Crippen LogP contribution < -0.4 is 4.74 Å². The summed E-state index contributed by atoms with van der Waals surface area (Å²) in [6.07, 6.45) is 1.63. The third-order valence-electron chi connectivity index (χ3n) is 5.24. The zero-order valence-electron chi connectivity index (χ0n) is 18.4. The van der Waals surface area contributed by atoms with Gasteiger partial charge in [-0.05, 0) is 96.7 Å². The minimum Gasteiger partial charge on any atom is -0.487 e. The molecule has 3 aromatic rings. The molecule has 1 fully saturated rings. The Bertz CT molecular complexity index is 1420. The molecular weight excluding hydrogens is 612 g/mol. The van der Waals surface area contributed by atoms with Gasteiger partial charge in [0.25, 0.3) is 11.1 Å². The second kappa shape index (κ2) is 11.1. The summed E-state index contributed by atoms with van der Waals surface area (Å²) in [5.41, 5.74) is 2.70. The smallest absolute Gasteiger partial charge is 0.335 e. The molecule has 0 saturated carbocycles. The van der Waals surface area contributed by atoms with Crippen molar-refractivity contribution in [2.75, 3.05) is 0 Å². The third kappa shape index (κ3) is 5.70. The first-order valence-corrected chi connectivity index (χ1v) is 12.8. The number of nitrogens with zero attached hydrogens (tertiary/aromatic N) is 2. The molecule has 0 bridgehead atoms. The highest BCUT2D eigenvalue weighted by Gasteiger charge is 2.35. The van der Waals surface area contributed by atoms with Gasteiger partial charge in [0.15, 0.2) is 0 Å². The lowest BCUT2D eigenvalue weighted by Gasteiger charge is -2.13. The molecule has 3 aromatic carbocycles. The Morgan fingerprint density at radius 3 is 2.39 bits per heavy atom. The minimum atomic E-state index is -0.992. The van der Waals surface area contributed by atoms with Crippen LogP contribution in [0.1, 0.15) is 32.6 Å². The van der Waals surface area contributed by atoms with E-state index >= 15 is 0 Å². The fourth-order valence-corrected chi connectivity index (χ4v) is 5.71. The van der Waals surface area contributed by atoms with Crippen molar-refractivity contribution in [3.63, 3.8) is 0 Å². The zero-order valence-corrected chi connectivity index (χ0v) is 22.4. The van der Waals surface area contributed by atoms with E-state index in [1.807, 2.05) is 0 Å². The monoisotopic (exact) mass is 626 g/mol. The number of carbonyl (C=O) groups excluding carboxylic acids is 2. The van der Waals surface area contributed by atoms with E-state index in [9.17, 15) is 19.6 Å². The summed E-state index contributed by atoms with van der Waals surface area (Å²) >= 11 is 7.83. The molecule has 1 saturated heterocycles. The van der Waals surface area contributed by atoms with Gasteiger partial charge in [0.2, 0.25) is 0 Å². The van der Waals surface area contributed by atoms with Crippen molar-refractivity contribution >= 4 is 66.8 Å². The number of carboxylic acids is 1. The van der Waals surface area contributed by atoms with E-state index in [0.717, 1.165) is 22.2 Å². The van der Waals surface area contributed by atoms with E-state index < -0.39 is 17.1 Å². The minimum absolute atomic E-state index is 0.0271. The quantitative estimate of drug-likeness (QED) is 0.294. The summed E-state index contributed by atoms with van der Waals surface area (Å²) in [5, 5.41) is 17.9. The van der Waals surface area contributed by atoms with Crippen molar-refractivity contribution in [3.05, 3.63) is 102 Å².